The molecular weight excluding hydrogens is 436 g/mol. The van der Waals surface area contributed by atoms with Crippen LogP contribution < -0.4 is 0 Å². The molecule has 2 fully saturated rings. The number of pyridine rings is 1. The summed E-state index contributed by atoms with van der Waals surface area (Å²) >= 11 is 0. The lowest BCUT2D eigenvalue weighted by atomic mass is 9.90. The Morgan fingerprint density at radius 1 is 0.970 bits per heavy atom. The number of amides is 1. The predicted octanol–water partition coefficient (Wildman–Crippen LogP) is 3.76. The first kappa shape index (κ1) is 22.1. The van der Waals surface area contributed by atoms with E-state index in [2.05, 4.69) is 11.2 Å². The maximum absolute atomic E-state index is 13.2. The number of nitrogens with zero attached hydrogens (tertiary/aromatic N) is 4. The Morgan fingerprint density at radius 2 is 1.64 bits per heavy atom. The minimum absolute atomic E-state index is 0.0500. The lowest BCUT2D eigenvalue weighted by Gasteiger charge is -2.31. The molecule has 3 aromatic rings. The highest BCUT2D eigenvalue weighted by atomic mass is 32.2. The maximum atomic E-state index is 13.2. The van der Waals surface area contributed by atoms with Crippen LogP contribution in [0, 0.1) is 13.8 Å². The Hall–Kier alpha value is -2.71. The molecule has 174 valence electrons. The third-order valence-corrected chi connectivity index (χ3v) is 8.80. The third-order valence-electron chi connectivity index (χ3n) is 6.93. The van der Waals surface area contributed by atoms with Gasteiger partial charge in [0, 0.05) is 32.4 Å². The van der Waals surface area contributed by atoms with Gasteiger partial charge >= 0.3 is 0 Å². The Bertz CT molecular complexity index is 1280. The van der Waals surface area contributed by atoms with Crippen molar-refractivity contribution in [1.82, 2.24) is 18.8 Å². The summed E-state index contributed by atoms with van der Waals surface area (Å²) < 4.78 is 29.8. The molecule has 2 aromatic heterocycles. The van der Waals surface area contributed by atoms with Gasteiger partial charge in [0.1, 0.15) is 0 Å². The minimum atomic E-state index is -3.50. The van der Waals surface area contributed by atoms with Crippen LogP contribution in [0.2, 0.25) is 0 Å². The molecular formula is C25H30N4O3S. The van der Waals surface area contributed by atoms with E-state index in [1.54, 1.807) is 27.2 Å². The molecule has 2 saturated heterocycles. The van der Waals surface area contributed by atoms with Gasteiger partial charge in [-0.1, -0.05) is 6.07 Å². The fraction of sp³-hybridized carbons (Fsp3) is 0.440. The molecule has 0 bridgehead atoms. The SMILES string of the molecule is Cc1cc(C)cc(S(=O)(=O)N2CCC(c3ccn4ncc(C(=O)N5CCCC5)c4c3)CC2)c1. The van der Waals surface area contributed by atoms with E-state index in [-0.39, 0.29) is 11.8 Å². The number of carbonyl (C=O) groups excluding carboxylic acids is 1. The highest BCUT2D eigenvalue weighted by molar-refractivity contribution is 7.89. The highest BCUT2D eigenvalue weighted by Crippen LogP contribution is 2.32. The predicted molar refractivity (Wildman–Crippen MR) is 127 cm³/mol. The van der Waals surface area contributed by atoms with Crippen LogP contribution in [0.25, 0.3) is 5.52 Å². The number of aromatic nitrogens is 2. The zero-order valence-electron chi connectivity index (χ0n) is 19.2. The molecule has 0 aliphatic carbocycles. The Morgan fingerprint density at radius 3 is 2.30 bits per heavy atom. The van der Waals surface area contributed by atoms with Gasteiger partial charge in [0.2, 0.25) is 10.0 Å². The van der Waals surface area contributed by atoms with Crippen LogP contribution in [0.1, 0.15) is 58.6 Å². The standard InChI is InChI=1S/C25H30N4O3S/c1-18-13-19(2)15-22(14-18)33(31,32)28-10-5-20(6-11-28)21-7-12-29-24(16-21)23(17-26-29)25(30)27-8-3-4-9-27/h7,12-17,20H,3-6,8-11H2,1-2H3. The van der Waals surface area contributed by atoms with Gasteiger partial charge in [-0.3, -0.25) is 4.79 Å². The van der Waals surface area contributed by atoms with Crippen molar-refractivity contribution >= 4 is 21.4 Å². The van der Waals surface area contributed by atoms with E-state index in [0.717, 1.165) is 61.0 Å². The summed E-state index contributed by atoms with van der Waals surface area (Å²) in [6, 6.07) is 9.60. The number of carbonyl (C=O) groups is 1. The molecule has 8 heteroatoms. The van der Waals surface area contributed by atoms with E-state index < -0.39 is 10.0 Å². The summed E-state index contributed by atoms with van der Waals surface area (Å²) in [5, 5.41) is 4.37. The first-order valence-electron chi connectivity index (χ1n) is 11.7. The lowest BCUT2D eigenvalue weighted by molar-refractivity contribution is 0.0794. The van der Waals surface area contributed by atoms with Crippen LogP contribution >= 0.6 is 0 Å². The Labute approximate surface area is 195 Å². The summed E-state index contributed by atoms with van der Waals surface area (Å²) in [6.07, 6.45) is 7.19. The number of likely N-dealkylation sites (tertiary alicyclic amines) is 1. The van der Waals surface area contributed by atoms with Gasteiger partial charge in [-0.15, -0.1) is 0 Å². The summed E-state index contributed by atoms with van der Waals surface area (Å²) in [5.74, 6) is 0.305. The van der Waals surface area contributed by atoms with Gasteiger partial charge in [0.25, 0.3) is 5.91 Å². The first-order valence-corrected chi connectivity index (χ1v) is 13.1. The largest absolute Gasteiger partial charge is 0.339 e. The molecule has 0 unspecified atom stereocenters. The molecule has 5 rings (SSSR count). The van der Waals surface area contributed by atoms with E-state index >= 15 is 0 Å². The zero-order valence-corrected chi connectivity index (χ0v) is 20.0. The van der Waals surface area contributed by atoms with Crippen LogP contribution in [0.5, 0.6) is 0 Å². The minimum Gasteiger partial charge on any atom is -0.339 e. The second-order valence-corrected chi connectivity index (χ2v) is 11.3. The number of aryl methyl sites for hydroxylation is 2. The molecule has 0 radical (unpaired) electrons. The van der Waals surface area contributed by atoms with Gasteiger partial charge < -0.3 is 4.90 Å². The van der Waals surface area contributed by atoms with Crippen LogP contribution in [0.15, 0.2) is 47.6 Å². The molecule has 33 heavy (non-hydrogen) atoms. The van der Waals surface area contributed by atoms with Crippen molar-refractivity contribution in [2.45, 2.75) is 50.3 Å². The van der Waals surface area contributed by atoms with Crippen LogP contribution in [0.4, 0.5) is 0 Å². The van der Waals surface area contributed by atoms with Gasteiger partial charge in [0.05, 0.1) is 22.2 Å². The van der Waals surface area contributed by atoms with E-state index in [9.17, 15) is 13.2 Å². The van der Waals surface area contributed by atoms with Crippen molar-refractivity contribution in [3.05, 3.63) is 65.0 Å². The molecule has 0 spiro atoms. The van der Waals surface area contributed by atoms with Crippen LogP contribution in [-0.4, -0.2) is 59.3 Å². The number of benzene rings is 1. The number of sulfonamides is 1. The summed E-state index contributed by atoms with van der Waals surface area (Å²) in [5.41, 5.74) is 4.53. The van der Waals surface area contributed by atoms with Crippen molar-refractivity contribution < 1.29 is 13.2 Å². The second kappa shape index (κ2) is 8.57. The molecule has 0 atom stereocenters. The molecule has 0 saturated carbocycles. The van der Waals surface area contributed by atoms with E-state index in [0.29, 0.717) is 23.5 Å². The molecule has 7 nitrogen and oxygen atoms in total. The quantitative estimate of drug-likeness (QED) is 0.587. The summed E-state index contributed by atoms with van der Waals surface area (Å²) in [4.78, 5) is 15.2. The topological polar surface area (TPSA) is 75.0 Å². The fourth-order valence-corrected chi connectivity index (χ4v) is 6.83. The van der Waals surface area contributed by atoms with Crippen molar-refractivity contribution in [3.63, 3.8) is 0 Å². The van der Waals surface area contributed by atoms with E-state index in [4.69, 9.17) is 0 Å². The molecule has 4 heterocycles. The second-order valence-electron chi connectivity index (χ2n) is 9.35. The Kier molecular flexibility index (Phi) is 5.74. The lowest BCUT2D eigenvalue weighted by Crippen LogP contribution is -2.38. The number of hydrogen-bond acceptors (Lipinski definition) is 4. The number of fused-ring (bicyclic) bond motifs is 1. The molecule has 2 aliphatic heterocycles. The monoisotopic (exact) mass is 466 g/mol. The first-order chi connectivity index (χ1) is 15.8. The van der Waals surface area contributed by atoms with Gasteiger partial charge in [-0.2, -0.15) is 9.40 Å². The summed E-state index contributed by atoms with van der Waals surface area (Å²) in [7, 11) is -3.50. The Balaban J connectivity index is 1.34. The molecule has 1 amide bonds. The van der Waals surface area contributed by atoms with Crippen molar-refractivity contribution in [3.8, 4) is 0 Å². The van der Waals surface area contributed by atoms with Crippen LogP contribution in [-0.2, 0) is 10.0 Å². The summed E-state index contributed by atoms with van der Waals surface area (Å²) in [6.45, 7) is 6.45. The highest BCUT2D eigenvalue weighted by Gasteiger charge is 2.31. The average Bonchev–Trinajstić information content (AvgIpc) is 3.48. The zero-order chi connectivity index (χ0) is 23.2. The van der Waals surface area contributed by atoms with Crippen molar-refractivity contribution in [2.24, 2.45) is 0 Å². The average molecular weight is 467 g/mol. The van der Waals surface area contributed by atoms with Gasteiger partial charge in [0.15, 0.2) is 0 Å². The number of rotatable bonds is 4. The molecule has 2 aliphatic rings. The number of hydrogen-bond donors (Lipinski definition) is 0. The molecule has 1 aromatic carbocycles. The van der Waals surface area contributed by atoms with Gasteiger partial charge in [-0.05, 0) is 86.4 Å². The van der Waals surface area contributed by atoms with Crippen molar-refractivity contribution in [1.29, 1.82) is 0 Å². The van der Waals surface area contributed by atoms with E-state index in [1.807, 2.05) is 37.1 Å². The normalized spacial score (nSPS) is 18.3. The van der Waals surface area contributed by atoms with Gasteiger partial charge in [-0.25, -0.2) is 12.9 Å². The number of piperidine rings is 1. The van der Waals surface area contributed by atoms with Crippen molar-refractivity contribution in [2.75, 3.05) is 26.2 Å². The van der Waals surface area contributed by atoms with E-state index in [1.165, 1.54) is 0 Å². The molecule has 0 N–H and O–H groups in total. The fourth-order valence-electron chi connectivity index (χ4n) is 5.17. The van der Waals surface area contributed by atoms with Crippen LogP contribution in [0.3, 0.4) is 0 Å². The smallest absolute Gasteiger partial charge is 0.257 e. The maximum Gasteiger partial charge on any atom is 0.257 e. The third kappa shape index (κ3) is 4.17.